The molecule has 23 heavy (non-hydrogen) atoms. The topological polar surface area (TPSA) is 82.8 Å². The van der Waals surface area contributed by atoms with E-state index in [-0.39, 0.29) is 5.69 Å². The van der Waals surface area contributed by atoms with Gasteiger partial charge in [-0.15, -0.1) is 0 Å². The molecule has 1 heterocycles. The molecule has 0 aromatic heterocycles. The maximum Gasteiger partial charge on any atom is 0.269 e. The summed E-state index contributed by atoms with van der Waals surface area (Å²) in [6.45, 7) is 5.85. The molecule has 1 aliphatic rings. The van der Waals surface area contributed by atoms with E-state index in [1.165, 1.54) is 25.0 Å². The van der Waals surface area contributed by atoms with Crippen molar-refractivity contribution in [2.75, 3.05) is 38.5 Å². The minimum absolute atomic E-state index is 0.105. The van der Waals surface area contributed by atoms with E-state index in [1.54, 1.807) is 12.1 Å². The third-order valence-electron chi connectivity index (χ3n) is 3.98. The fraction of sp³-hybridized carbons (Fsp3) is 0.562. The number of nitro benzene ring substituents is 1. The van der Waals surface area contributed by atoms with Crippen molar-refractivity contribution in [3.8, 4) is 0 Å². The minimum atomic E-state index is -0.394. The van der Waals surface area contributed by atoms with Gasteiger partial charge in [0.05, 0.1) is 4.92 Å². The summed E-state index contributed by atoms with van der Waals surface area (Å²) in [7, 11) is 1.81. The number of hydrogen-bond acceptors (Lipinski definition) is 4. The third-order valence-corrected chi connectivity index (χ3v) is 3.98. The van der Waals surface area contributed by atoms with Gasteiger partial charge in [-0.2, -0.15) is 0 Å². The Morgan fingerprint density at radius 3 is 2.74 bits per heavy atom. The second-order valence-electron chi connectivity index (χ2n) is 5.90. The van der Waals surface area contributed by atoms with Crippen LogP contribution in [-0.4, -0.2) is 49.0 Å². The van der Waals surface area contributed by atoms with Crippen molar-refractivity contribution < 1.29 is 4.92 Å². The zero-order valence-electron chi connectivity index (χ0n) is 13.8. The monoisotopic (exact) mass is 319 g/mol. The lowest BCUT2D eigenvalue weighted by Crippen LogP contribution is -2.47. The zero-order valence-corrected chi connectivity index (χ0v) is 13.8. The van der Waals surface area contributed by atoms with Gasteiger partial charge in [0.1, 0.15) is 0 Å². The maximum atomic E-state index is 10.6. The van der Waals surface area contributed by atoms with E-state index in [1.807, 2.05) is 7.05 Å². The largest absolute Gasteiger partial charge is 0.383 e. The lowest BCUT2D eigenvalue weighted by Gasteiger charge is -2.33. The lowest BCUT2D eigenvalue weighted by atomic mass is 10.0. The molecule has 7 nitrogen and oxygen atoms in total. The Labute approximate surface area is 136 Å². The zero-order chi connectivity index (χ0) is 16.7. The molecule has 0 aliphatic carbocycles. The summed E-state index contributed by atoms with van der Waals surface area (Å²) in [4.78, 5) is 16.9. The Hall–Kier alpha value is -2.31. The Balaban J connectivity index is 1.74. The van der Waals surface area contributed by atoms with Gasteiger partial charge in [0.15, 0.2) is 5.96 Å². The average Bonchev–Trinajstić information content (AvgIpc) is 2.55. The molecule has 1 unspecified atom stereocenters. The molecule has 1 fully saturated rings. The minimum Gasteiger partial charge on any atom is -0.383 e. The number of nitrogens with zero attached hydrogens (tertiary/aromatic N) is 3. The van der Waals surface area contributed by atoms with E-state index in [2.05, 4.69) is 27.4 Å². The van der Waals surface area contributed by atoms with Crippen LogP contribution in [0.15, 0.2) is 29.3 Å². The van der Waals surface area contributed by atoms with Crippen LogP contribution in [0.1, 0.15) is 19.8 Å². The second kappa shape index (κ2) is 8.36. The Morgan fingerprint density at radius 2 is 2.13 bits per heavy atom. The van der Waals surface area contributed by atoms with Crippen LogP contribution in [0.25, 0.3) is 0 Å². The van der Waals surface area contributed by atoms with Gasteiger partial charge in [0.25, 0.3) is 5.69 Å². The first-order valence-corrected chi connectivity index (χ1v) is 8.04. The summed E-state index contributed by atoms with van der Waals surface area (Å²) in [6, 6.07) is 6.45. The summed E-state index contributed by atoms with van der Waals surface area (Å²) in [5.41, 5.74) is 0.979. The van der Waals surface area contributed by atoms with Crippen molar-refractivity contribution in [3.05, 3.63) is 34.4 Å². The van der Waals surface area contributed by atoms with Gasteiger partial charge in [-0.05, 0) is 30.9 Å². The highest BCUT2D eigenvalue weighted by Gasteiger charge is 2.18. The molecule has 7 heteroatoms. The van der Waals surface area contributed by atoms with Crippen molar-refractivity contribution in [2.24, 2.45) is 10.9 Å². The van der Waals surface area contributed by atoms with Crippen LogP contribution >= 0.6 is 0 Å². The van der Waals surface area contributed by atoms with Crippen LogP contribution in [0.3, 0.4) is 0 Å². The highest BCUT2D eigenvalue weighted by Crippen LogP contribution is 2.16. The number of anilines is 1. The van der Waals surface area contributed by atoms with E-state index in [4.69, 9.17) is 0 Å². The summed E-state index contributed by atoms with van der Waals surface area (Å²) >= 11 is 0. The van der Waals surface area contributed by atoms with Gasteiger partial charge in [0.2, 0.25) is 0 Å². The van der Waals surface area contributed by atoms with Gasteiger partial charge in [-0.25, -0.2) is 0 Å². The van der Waals surface area contributed by atoms with Crippen molar-refractivity contribution in [1.82, 2.24) is 10.2 Å². The van der Waals surface area contributed by atoms with E-state index in [0.29, 0.717) is 5.92 Å². The molecule has 1 aromatic carbocycles. The summed E-state index contributed by atoms with van der Waals surface area (Å²) in [5.74, 6) is 1.66. The van der Waals surface area contributed by atoms with Crippen LogP contribution < -0.4 is 10.6 Å². The number of nitrogens with one attached hydrogen (secondary N) is 2. The van der Waals surface area contributed by atoms with E-state index in [9.17, 15) is 10.1 Å². The van der Waals surface area contributed by atoms with Gasteiger partial charge < -0.3 is 15.5 Å². The van der Waals surface area contributed by atoms with Gasteiger partial charge in [-0.1, -0.05) is 6.92 Å². The molecule has 0 spiro atoms. The Morgan fingerprint density at radius 1 is 1.39 bits per heavy atom. The first-order valence-electron chi connectivity index (χ1n) is 8.04. The van der Waals surface area contributed by atoms with Crippen molar-refractivity contribution in [2.45, 2.75) is 19.8 Å². The summed E-state index contributed by atoms with van der Waals surface area (Å²) in [5, 5.41) is 17.2. The molecule has 1 aromatic rings. The van der Waals surface area contributed by atoms with Crippen molar-refractivity contribution in [3.63, 3.8) is 0 Å². The first kappa shape index (κ1) is 17.1. The molecule has 2 rings (SSSR count). The van der Waals surface area contributed by atoms with Crippen LogP contribution in [0.5, 0.6) is 0 Å². The van der Waals surface area contributed by atoms with E-state index >= 15 is 0 Å². The number of piperidine rings is 1. The smallest absolute Gasteiger partial charge is 0.269 e. The molecule has 0 bridgehead atoms. The molecule has 0 saturated carbocycles. The van der Waals surface area contributed by atoms with Crippen molar-refractivity contribution in [1.29, 1.82) is 0 Å². The molecule has 1 atom stereocenters. The number of benzene rings is 1. The molecule has 2 N–H and O–H groups in total. The predicted molar refractivity (Wildman–Crippen MR) is 92.9 cm³/mol. The van der Waals surface area contributed by atoms with E-state index in [0.717, 1.165) is 37.8 Å². The highest BCUT2D eigenvalue weighted by atomic mass is 16.6. The van der Waals surface area contributed by atoms with Crippen LogP contribution in [0.2, 0.25) is 0 Å². The molecule has 1 saturated heterocycles. The van der Waals surface area contributed by atoms with Gasteiger partial charge in [0, 0.05) is 51.0 Å². The standard InChI is InChI=1S/C16H25N5O2/c1-13-4-3-11-20(12-13)16(17-2)19-10-9-18-14-5-7-15(8-6-14)21(22)23/h5-8,13,18H,3-4,9-12H2,1-2H3,(H,17,19). The number of non-ortho nitro benzene ring substituents is 1. The first-order chi connectivity index (χ1) is 11.1. The lowest BCUT2D eigenvalue weighted by molar-refractivity contribution is -0.384. The average molecular weight is 319 g/mol. The molecule has 126 valence electrons. The van der Waals surface area contributed by atoms with Gasteiger partial charge in [-0.3, -0.25) is 15.1 Å². The number of likely N-dealkylation sites (tertiary alicyclic amines) is 1. The molecular formula is C16H25N5O2. The van der Waals surface area contributed by atoms with Crippen LogP contribution in [0.4, 0.5) is 11.4 Å². The van der Waals surface area contributed by atoms with E-state index < -0.39 is 4.92 Å². The number of guanidine groups is 1. The van der Waals surface area contributed by atoms with Crippen LogP contribution in [0, 0.1) is 16.0 Å². The predicted octanol–water partition coefficient (Wildman–Crippen LogP) is 2.31. The maximum absolute atomic E-state index is 10.6. The Kier molecular flexibility index (Phi) is 6.19. The number of hydrogen-bond donors (Lipinski definition) is 2. The summed E-state index contributed by atoms with van der Waals surface area (Å²) < 4.78 is 0. The molecular weight excluding hydrogens is 294 g/mol. The highest BCUT2D eigenvalue weighted by molar-refractivity contribution is 5.80. The fourth-order valence-electron chi connectivity index (χ4n) is 2.80. The number of rotatable bonds is 5. The normalized spacial score (nSPS) is 18.6. The number of nitro groups is 1. The number of aliphatic imine (C=N–C) groups is 1. The summed E-state index contributed by atoms with van der Waals surface area (Å²) in [6.07, 6.45) is 2.50. The Bertz CT molecular complexity index is 544. The molecule has 0 radical (unpaired) electrons. The van der Waals surface area contributed by atoms with Gasteiger partial charge >= 0.3 is 0 Å². The third kappa shape index (κ3) is 5.12. The fourth-order valence-corrected chi connectivity index (χ4v) is 2.80. The SMILES string of the molecule is CN=C(NCCNc1ccc([N+](=O)[O-])cc1)N1CCCC(C)C1. The van der Waals surface area contributed by atoms with Crippen LogP contribution in [-0.2, 0) is 0 Å². The van der Waals surface area contributed by atoms with Crippen molar-refractivity contribution >= 4 is 17.3 Å². The quantitative estimate of drug-likeness (QED) is 0.286. The molecule has 1 aliphatic heterocycles. The molecule has 0 amide bonds. The second-order valence-corrected chi connectivity index (χ2v) is 5.90.